The summed E-state index contributed by atoms with van der Waals surface area (Å²) in [7, 11) is 0. The second-order valence-electron chi connectivity index (χ2n) is 5.42. The Labute approximate surface area is 117 Å². The molecule has 1 aromatic rings. The zero-order chi connectivity index (χ0) is 14.7. The number of aromatic carboxylic acids is 1. The molecule has 0 radical (unpaired) electrons. The van der Waals surface area contributed by atoms with Crippen LogP contribution in [0.3, 0.4) is 0 Å². The van der Waals surface area contributed by atoms with Crippen molar-refractivity contribution in [3.05, 3.63) is 23.7 Å². The van der Waals surface area contributed by atoms with Gasteiger partial charge in [0.05, 0.1) is 6.54 Å². The van der Waals surface area contributed by atoms with Crippen molar-refractivity contribution in [1.82, 2.24) is 10.6 Å². The van der Waals surface area contributed by atoms with Gasteiger partial charge in [-0.15, -0.1) is 0 Å². The minimum absolute atomic E-state index is 0.125. The fourth-order valence-electron chi connectivity index (χ4n) is 2.54. The van der Waals surface area contributed by atoms with Gasteiger partial charge in [0.2, 0.25) is 5.76 Å². The van der Waals surface area contributed by atoms with E-state index in [1.165, 1.54) is 6.07 Å². The van der Waals surface area contributed by atoms with E-state index in [9.17, 15) is 9.59 Å². The lowest BCUT2D eigenvalue weighted by Crippen LogP contribution is -2.43. The second kappa shape index (κ2) is 5.98. The first-order valence-corrected chi connectivity index (χ1v) is 6.83. The van der Waals surface area contributed by atoms with Gasteiger partial charge >= 0.3 is 12.0 Å². The summed E-state index contributed by atoms with van der Waals surface area (Å²) in [5, 5.41) is 14.4. The molecular formula is C14H20N2O4. The molecule has 3 atom stereocenters. The lowest BCUT2D eigenvalue weighted by atomic mass is 9.98. The van der Waals surface area contributed by atoms with Crippen LogP contribution < -0.4 is 10.6 Å². The molecule has 0 aliphatic heterocycles. The Bertz CT molecular complexity index is 497. The third-order valence-corrected chi connectivity index (χ3v) is 4.08. The van der Waals surface area contributed by atoms with Gasteiger partial charge in [0.15, 0.2) is 0 Å². The van der Waals surface area contributed by atoms with Crippen LogP contribution in [0.1, 0.15) is 43.0 Å². The Morgan fingerprint density at radius 1 is 1.35 bits per heavy atom. The van der Waals surface area contributed by atoms with Gasteiger partial charge in [-0.25, -0.2) is 9.59 Å². The molecule has 1 aliphatic rings. The number of rotatable bonds is 4. The number of nitrogens with one attached hydrogen (secondary N) is 2. The summed E-state index contributed by atoms with van der Waals surface area (Å²) in [5.74, 6) is 0.284. The van der Waals surface area contributed by atoms with E-state index in [-0.39, 0.29) is 24.4 Å². The fourth-order valence-corrected chi connectivity index (χ4v) is 2.54. The van der Waals surface area contributed by atoms with Crippen LogP contribution in [0.4, 0.5) is 4.79 Å². The Morgan fingerprint density at radius 2 is 2.10 bits per heavy atom. The molecule has 1 heterocycles. The molecule has 0 spiro atoms. The quantitative estimate of drug-likeness (QED) is 0.788. The smallest absolute Gasteiger partial charge is 0.371 e. The molecule has 2 rings (SSSR count). The van der Waals surface area contributed by atoms with Gasteiger partial charge in [-0.3, -0.25) is 0 Å². The van der Waals surface area contributed by atoms with Crippen LogP contribution in [-0.2, 0) is 6.54 Å². The number of hydrogen-bond donors (Lipinski definition) is 3. The van der Waals surface area contributed by atoms with Gasteiger partial charge in [0.25, 0.3) is 0 Å². The lowest BCUT2D eigenvalue weighted by molar-refractivity contribution is 0.0660. The molecule has 6 heteroatoms. The zero-order valence-corrected chi connectivity index (χ0v) is 11.7. The van der Waals surface area contributed by atoms with E-state index in [0.717, 1.165) is 12.8 Å². The molecular weight excluding hydrogens is 260 g/mol. The monoisotopic (exact) mass is 280 g/mol. The van der Waals surface area contributed by atoms with Crippen molar-refractivity contribution in [2.75, 3.05) is 0 Å². The Morgan fingerprint density at radius 3 is 2.65 bits per heavy atom. The first-order valence-electron chi connectivity index (χ1n) is 6.83. The zero-order valence-electron chi connectivity index (χ0n) is 11.7. The van der Waals surface area contributed by atoms with Crippen molar-refractivity contribution in [3.8, 4) is 0 Å². The number of urea groups is 1. The molecule has 3 N–H and O–H groups in total. The molecule has 1 aromatic heterocycles. The molecule has 0 aromatic carbocycles. The summed E-state index contributed by atoms with van der Waals surface area (Å²) in [5.41, 5.74) is 0. The average molecular weight is 280 g/mol. The maximum atomic E-state index is 11.8. The van der Waals surface area contributed by atoms with Crippen LogP contribution in [0, 0.1) is 11.8 Å². The normalized spacial score (nSPS) is 25.4. The number of hydrogen-bond acceptors (Lipinski definition) is 3. The minimum Gasteiger partial charge on any atom is -0.475 e. The molecule has 2 amide bonds. The molecule has 0 bridgehead atoms. The number of carboxylic acid groups (broad SMARTS) is 1. The molecule has 1 aliphatic carbocycles. The van der Waals surface area contributed by atoms with E-state index in [0.29, 0.717) is 17.6 Å². The second-order valence-corrected chi connectivity index (χ2v) is 5.42. The van der Waals surface area contributed by atoms with Gasteiger partial charge in [-0.2, -0.15) is 0 Å². The summed E-state index contributed by atoms with van der Waals surface area (Å²) in [6.45, 7) is 4.52. The fraction of sp³-hybridized carbons (Fsp3) is 0.571. The van der Waals surface area contributed by atoms with E-state index < -0.39 is 5.97 Å². The van der Waals surface area contributed by atoms with E-state index in [4.69, 9.17) is 9.52 Å². The molecule has 1 fully saturated rings. The van der Waals surface area contributed by atoms with Gasteiger partial charge in [0.1, 0.15) is 5.76 Å². The summed E-state index contributed by atoms with van der Waals surface area (Å²) in [6, 6.07) is 2.88. The Hall–Kier alpha value is -1.98. The lowest BCUT2D eigenvalue weighted by Gasteiger charge is -2.19. The summed E-state index contributed by atoms with van der Waals surface area (Å²) < 4.78 is 5.06. The highest BCUT2D eigenvalue weighted by Crippen LogP contribution is 2.30. The van der Waals surface area contributed by atoms with Crippen LogP contribution in [0.2, 0.25) is 0 Å². The third-order valence-electron chi connectivity index (χ3n) is 4.08. The predicted molar refractivity (Wildman–Crippen MR) is 72.4 cm³/mol. The highest BCUT2D eigenvalue weighted by Gasteiger charge is 2.30. The van der Waals surface area contributed by atoms with E-state index >= 15 is 0 Å². The van der Waals surface area contributed by atoms with Crippen LogP contribution >= 0.6 is 0 Å². The van der Waals surface area contributed by atoms with E-state index in [1.807, 2.05) is 0 Å². The SMILES string of the molecule is CC1CCC(NC(=O)NCc2ccc(C(=O)O)o2)C1C. The Kier molecular flexibility index (Phi) is 4.32. The topological polar surface area (TPSA) is 91.6 Å². The van der Waals surface area contributed by atoms with Crippen LogP contribution in [0.5, 0.6) is 0 Å². The van der Waals surface area contributed by atoms with Gasteiger partial charge < -0.3 is 20.2 Å². The van der Waals surface area contributed by atoms with E-state index in [1.54, 1.807) is 6.07 Å². The standard InChI is InChI=1S/C14H20N2O4/c1-8-3-5-11(9(8)2)16-14(19)15-7-10-4-6-12(20-10)13(17)18/h4,6,8-9,11H,3,5,7H2,1-2H3,(H,17,18)(H2,15,16,19). The van der Waals surface area contributed by atoms with Crippen molar-refractivity contribution in [2.24, 2.45) is 11.8 Å². The van der Waals surface area contributed by atoms with Gasteiger partial charge in [-0.05, 0) is 36.8 Å². The minimum atomic E-state index is -1.12. The largest absolute Gasteiger partial charge is 0.475 e. The van der Waals surface area contributed by atoms with Crippen LogP contribution in [-0.4, -0.2) is 23.1 Å². The highest BCUT2D eigenvalue weighted by atomic mass is 16.4. The maximum absolute atomic E-state index is 11.8. The first kappa shape index (κ1) is 14.4. The molecule has 3 unspecified atom stereocenters. The summed E-state index contributed by atoms with van der Waals surface area (Å²) in [6.07, 6.45) is 2.13. The van der Waals surface area contributed by atoms with Crippen LogP contribution in [0.15, 0.2) is 16.5 Å². The number of furan rings is 1. The van der Waals surface area contributed by atoms with E-state index in [2.05, 4.69) is 24.5 Å². The van der Waals surface area contributed by atoms with Crippen LogP contribution in [0.25, 0.3) is 0 Å². The summed E-state index contributed by atoms with van der Waals surface area (Å²) >= 11 is 0. The molecule has 110 valence electrons. The molecule has 0 saturated heterocycles. The van der Waals surface area contributed by atoms with Crippen molar-refractivity contribution in [3.63, 3.8) is 0 Å². The predicted octanol–water partition coefficient (Wildman–Crippen LogP) is 2.21. The van der Waals surface area contributed by atoms with Crippen molar-refractivity contribution >= 4 is 12.0 Å². The van der Waals surface area contributed by atoms with Gasteiger partial charge in [0, 0.05) is 6.04 Å². The van der Waals surface area contributed by atoms with Crippen molar-refractivity contribution in [1.29, 1.82) is 0 Å². The number of carbonyl (C=O) groups excluding carboxylic acids is 1. The maximum Gasteiger partial charge on any atom is 0.371 e. The first-order chi connectivity index (χ1) is 9.47. The molecule has 20 heavy (non-hydrogen) atoms. The average Bonchev–Trinajstić information content (AvgIpc) is 2.99. The number of carboxylic acids is 1. The third kappa shape index (κ3) is 3.31. The van der Waals surface area contributed by atoms with Crippen molar-refractivity contribution in [2.45, 2.75) is 39.3 Å². The summed E-state index contributed by atoms with van der Waals surface area (Å²) in [4.78, 5) is 22.4. The van der Waals surface area contributed by atoms with Crippen molar-refractivity contribution < 1.29 is 19.1 Å². The number of carbonyl (C=O) groups is 2. The highest BCUT2D eigenvalue weighted by molar-refractivity contribution is 5.84. The molecule has 6 nitrogen and oxygen atoms in total. The molecule has 1 saturated carbocycles. The number of amides is 2. The Balaban J connectivity index is 1.78. The van der Waals surface area contributed by atoms with Gasteiger partial charge in [-0.1, -0.05) is 13.8 Å².